The summed E-state index contributed by atoms with van der Waals surface area (Å²) in [6.45, 7) is 3.15. The van der Waals surface area contributed by atoms with Crippen LogP contribution in [-0.2, 0) is 9.59 Å². The fourth-order valence-corrected chi connectivity index (χ4v) is 2.34. The van der Waals surface area contributed by atoms with E-state index >= 15 is 0 Å². The van der Waals surface area contributed by atoms with Crippen molar-refractivity contribution in [3.05, 3.63) is 22.3 Å². The number of carbonyl (C=O) groups is 2. The molecule has 0 unspecified atom stereocenters. The molecule has 7 heteroatoms. The topological polar surface area (TPSA) is 79.3 Å². The lowest BCUT2D eigenvalue weighted by Crippen LogP contribution is -2.41. The molecule has 0 spiro atoms. The minimum atomic E-state index is -1.05. The van der Waals surface area contributed by atoms with Crippen molar-refractivity contribution in [3.63, 3.8) is 0 Å². The molecule has 1 aromatic rings. The molecule has 0 aromatic carbocycles. The highest BCUT2D eigenvalue weighted by Crippen LogP contribution is 2.21. The second-order valence-electron chi connectivity index (χ2n) is 3.62. The van der Waals surface area contributed by atoms with E-state index in [9.17, 15) is 9.59 Å². The quantitative estimate of drug-likeness (QED) is 0.804. The monoisotopic (exact) mass is 332 g/mol. The number of hydrogen-bond acceptors (Lipinski definition) is 4. The molecule has 18 heavy (non-hydrogen) atoms. The molecular weight excluding hydrogens is 320 g/mol. The highest BCUT2D eigenvalue weighted by molar-refractivity contribution is 9.10. The molecule has 0 saturated carbocycles. The van der Waals surface area contributed by atoms with Crippen LogP contribution >= 0.6 is 27.7 Å². The summed E-state index contributed by atoms with van der Waals surface area (Å²) in [7, 11) is 0. The van der Waals surface area contributed by atoms with Gasteiger partial charge in [0.05, 0.1) is 10.7 Å². The van der Waals surface area contributed by atoms with E-state index in [1.807, 2.05) is 13.0 Å². The molecule has 0 aliphatic carbocycles. The average Bonchev–Trinajstić information content (AvgIpc) is 2.28. The predicted molar refractivity (Wildman–Crippen MR) is 72.6 cm³/mol. The number of carboxylic acids is 1. The van der Waals surface area contributed by atoms with Gasteiger partial charge in [-0.1, -0.05) is 0 Å². The molecule has 0 radical (unpaired) electrons. The number of pyridine rings is 1. The Bertz CT molecular complexity index is 468. The van der Waals surface area contributed by atoms with E-state index in [-0.39, 0.29) is 11.7 Å². The van der Waals surface area contributed by atoms with Gasteiger partial charge in [0.1, 0.15) is 6.04 Å². The molecule has 1 atom stereocenters. The number of carboxylic acid groups (broad SMARTS) is 1. The van der Waals surface area contributed by atoms with Crippen LogP contribution in [-0.4, -0.2) is 33.8 Å². The molecule has 1 amide bonds. The van der Waals surface area contributed by atoms with Crippen LogP contribution in [0.5, 0.6) is 0 Å². The van der Waals surface area contributed by atoms with Crippen molar-refractivity contribution in [2.45, 2.75) is 24.9 Å². The van der Waals surface area contributed by atoms with E-state index in [4.69, 9.17) is 5.11 Å². The molecule has 0 saturated heterocycles. The van der Waals surface area contributed by atoms with Crippen LogP contribution in [0, 0.1) is 6.92 Å². The second kappa shape index (κ2) is 6.75. The number of aromatic nitrogens is 1. The van der Waals surface area contributed by atoms with Crippen LogP contribution in [0.3, 0.4) is 0 Å². The number of aliphatic carboxylic acids is 1. The van der Waals surface area contributed by atoms with E-state index in [2.05, 4.69) is 26.2 Å². The van der Waals surface area contributed by atoms with Crippen LogP contribution in [0.15, 0.2) is 21.6 Å². The number of halogens is 1. The van der Waals surface area contributed by atoms with E-state index in [1.54, 1.807) is 6.07 Å². The summed E-state index contributed by atoms with van der Waals surface area (Å²) in [5.74, 6) is -1.17. The molecule has 1 aromatic heterocycles. The fraction of sp³-hybridized carbons (Fsp3) is 0.364. The molecule has 0 aliphatic heterocycles. The Kier molecular flexibility index (Phi) is 5.61. The maximum Gasteiger partial charge on any atom is 0.327 e. The number of nitrogens with one attached hydrogen (secondary N) is 1. The summed E-state index contributed by atoms with van der Waals surface area (Å²) in [5, 5.41) is 12.1. The van der Waals surface area contributed by atoms with Crippen LogP contribution in [0.25, 0.3) is 0 Å². The van der Waals surface area contributed by atoms with E-state index in [0.29, 0.717) is 0 Å². The number of aryl methyl sites for hydroxylation is 1. The third kappa shape index (κ3) is 4.66. The highest BCUT2D eigenvalue weighted by Gasteiger charge is 2.18. The van der Waals surface area contributed by atoms with Crippen molar-refractivity contribution in [2.24, 2.45) is 0 Å². The summed E-state index contributed by atoms with van der Waals surface area (Å²) in [5.41, 5.74) is 0.839. The lowest BCUT2D eigenvalue weighted by atomic mass is 10.3. The lowest BCUT2D eigenvalue weighted by molar-refractivity contribution is -0.140. The number of nitrogens with zero attached hydrogens (tertiary/aromatic N) is 1. The van der Waals surface area contributed by atoms with E-state index < -0.39 is 12.0 Å². The SMILES string of the molecule is CC(=O)N[C@@H](CSc1ccc(Br)c(C)n1)C(=O)O. The molecule has 0 aliphatic rings. The minimum Gasteiger partial charge on any atom is -0.480 e. The van der Waals surface area contributed by atoms with Gasteiger partial charge in [-0.2, -0.15) is 0 Å². The summed E-state index contributed by atoms with van der Waals surface area (Å²) >= 11 is 4.64. The maximum absolute atomic E-state index is 10.9. The zero-order chi connectivity index (χ0) is 13.7. The Hall–Kier alpha value is -1.08. The zero-order valence-electron chi connectivity index (χ0n) is 9.94. The molecule has 5 nitrogen and oxygen atoms in total. The van der Waals surface area contributed by atoms with Gasteiger partial charge in [0.25, 0.3) is 0 Å². The highest BCUT2D eigenvalue weighted by atomic mass is 79.9. The first-order chi connectivity index (χ1) is 8.40. The zero-order valence-corrected chi connectivity index (χ0v) is 12.3. The van der Waals surface area contributed by atoms with Gasteiger partial charge in [-0.15, -0.1) is 11.8 Å². The van der Waals surface area contributed by atoms with Gasteiger partial charge in [0.2, 0.25) is 5.91 Å². The predicted octanol–water partition coefficient (Wildman–Crippen LogP) is 1.83. The van der Waals surface area contributed by atoms with Crippen molar-refractivity contribution in [1.82, 2.24) is 10.3 Å². The number of amides is 1. The molecule has 98 valence electrons. The number of hydrogen-bond donors (Lipinski definition) is 2. The Morgan fingerprint density at radius 2 is 2.22 bits per heavy atom. The van der Waals surface area contributed by atoms with Crippen molar-refractivity contribution in [2.75, 3.05) is 5.75 Å². The largest absolute Gasteiger partial charge is 0.480 e. The molecule has 0 fully saturated rings. The average molecular weight is 333 g/mol. The van der Waals surface area contributed by atoms with Gasteiger partial charge < -0.3 is 10.4 Å². The maximum atomic E-state index is 10.9. The van der Waals surface area contributed by atoms with Crippen LogP contribution in [0.1, 0.15) is 12.6 Å². The van der Waals surface area contributed by atoms with E-state index in [0.717, 1.165) is 15.2 Å². The van der Waals surface area contributed by atoms with Gasteiger partial charge in [0.15, 0.2) is 0 Å². The van der Waals surface area contributed by atoms with E-state index in [1.165, 1.54) is 18.7 Å². The Labute approximate surface area is 117 Å². The normalized spacial score (nSPS) is 11.9. The number of carbonyl (C=O) groups excluding carboxylic acids is 1. The van der Waals surface area contributed by atoms with Gasteiger partial charge in [0, 0.05) is 17.1 Å². The van der Waals surface area contributed by atoms with Gasteiger partial charge in [-0.3, -0.25) is 4.79 Å². The van der Waals surface area contributed by atoms with Crippen LogP contribution in [0.2, 0.25) is 0 Å². The summed E-state index contributed by atoms with van der Waals surface area (Å²) in [6.07, 6.45) is 0. The third-order valence-corrected chi connectivity index (χ3v) is 3.93. The fourth-order valence-electron chi connectivity index (χ4n) is 1.19. The lowest BCUT2D eigenvalue weighted by Gasteiger charge is -2.12. The molecule has 1 rings (SSSR count). The molecular formula is C11H13BrN2O3S. The molecule has 0 bridgehead atoms. The summed E-state index contributed by atoms with van der Waals surface area (Å²) in [4.78, 5) is 26.1. The second-order valence-corrected chi connectivity index (χ2v) is 5.51. The smallest absolute Gasteiger partial charge is 0.327 e. The first-order valence-electron chi connectivity index (χ1n) is 5.16. The van der Waals surface area contributed by atoms with Gasteiger partial charge in [-0.05, 0) is 35.0 Å². The number of thioether (sulfide) groups is 1. The van der Waals surface area contributed by atoms with Gasteiger partial charge >= 0.3 is 5.97 Å². The van der Waals surface area contributed by atoms with Crippen LogP contribution in [0.4, 0.5) is 0 Å². The van der Waals surface area contributed by atoms with Crippen molar-refractivity contribution in [1.29, 1.82) is 0 Å². The van der Waals surface area contributed by atoms with Crippen molar-refractivity contribution < 1.29 is 14.7 Å². The molecule has 1 heterocycles. The standard InChI is InChI=1S/C11H13BrN2O3S/c1-6-8(12)3-4-10(13-6)18-5-9(11(16)17)14-7(2)15/h3-4,9H,5H2,1-2H3,(H,14,15)(H,16,17)/t9-/m0/s1. The Morgan fingerprint density at radius 3 is 2.72 bits per heavy atom. The third-order valence-electron chi connectivity index (χ3n) is 2.07. The Morgan fingerprint density at radius 1 is 1.56 bits per heavy atom. The van der Waals surface area contributed by atoms with Crippen molar-refractivity contribution in [3.8, 4) is 0 Å². The Balaban J connectivity index is 2.64. The molecule has 2 N–H and O–H groups in total. The number of rotatable bonds is 5. The minimum absolute atomic E-state index is 0.239. The van der Waals surface area contributed by atoms with Crippen LogP contribution < -0.4 is 5.32 Å². The first kappa shape index (κ1) is 15.0. The summed E-state index contributed by atoms with van der Waals surface area (Å²) in [6, 6.07) is 2.76. The van der Waals surface area contributed by atoms with Gasteiger partial charge in [-0.25, -0.2) is 9.78 Å². The summed E-state index contributed by atoms with van der Waals surface area (Å²) < 4.78 is 0.906. The first-order valence-corrected chi connectivity index (χ1v) is 6.94. The van der Waals surface area contributed by atoms with Crippen molar-refractivity contribution >= 4 is 39.6 Å².